The Morgan fingerprint density at radius 3 is 2.86 bits per heavy atom. The first-order chi connectivity index (χ1) is 10.6. The summed E-state index contributed by atoms with van der Waals surface area (Å²) in [5.41, 5.74) is 1.57. The van der Waals surface area contributed by atoms with Crippen LogP contribution in [0.2, 0.25) is 0 Å². The van der Waals surface area contributed by atoms with E-state index in [1.807, 2.05) is 11.5 Å². The topological polar surface area (TPSA) is 88.8 Å². The molecule has 0 aliphatic carbocycles. The van der Waals surface area contributed by atoms with Gasteiger partial charge in [0.05, 0.1) is 30.7 Å². The van der Waals surface area contributed by atoms with E-state index in [0.29, 0.717) is 13.1 Å². The lowest BCUT2D eigenvalue weighted by Crippen LogP contribution is -2.37. The van der Waals surface area contributed by atoms with Crippen molar-refractivity contribution in [1.29, 1.82) is 0 Å². The molecular formula is C14H21N7O. The van der Waals surface area contributed by atoms with E-state index in [1.165, 1.54) is 0 Å². The highest BCUT2D eigenvalue weighted by molar-refractivity contribution is 5.73. The fourth-order valence-electron chi connectivity index (χ4n) is 1.92. The van der Waals surface area contributed by atoms with Crippen molar-refractivity contribution < 1.29 is 4.79 Å². The van der Waals surface area contributed by atoms with Crippen molar-refractivity contribution >= 4 is 6.03 Å². The van der Waals surface area contributed by atoms with Crippen LogP contribution in [0.5, 0.6) is 0 Å². The Hall–Kier alpha value is -2.51. The minimum atomic E-state index is -0.187. The van der Waals surface area contributed by atoms with E-state index in [-0.39, 0.29) is 6.03 Å². The second-order valence-electron chi connectivity index (χ2n) is 5.10. The number of aryl methyl sites for hydroxylation is 2. The predicted molar refractivity (Wildman–Crippen MR) is 80.8 cm³/mol. The van der Waals surface area contributed by atoms with E-state index < -0.39 is 0 Å². The molecule has 2 heterocycles. The molecule has 0 saturated carbocycles. The Morgan fingerprint density at radius 2 is 2.18 bits per heavy atom. The molecule has 2 rings (SSSR count). The van der Waals surface area contributed by atoms with Gasteiger partial charge in [0, 0.05) is 19.8 Å². The maximum absolute atomic E-state index is 12.1. The molecule has 0 aliphatic rings. The summed E-state index contributed by atoms with van der Waals surface area (Å²) in [7, 11) is 1.72. The number of carbonyl (C=O) groups excluding carboxylic acids is 1. The molecule has 0 saturated heterocycles. The van der Waals surface area contributed by atoms with E-state index in [9.17, 15) is 4.79 Å². The minimum Gasteiger partial charge on any atom is -0.332 e. The van der Waals surface area contributed by atoms with E-state index >= 15 is 0 Å². The maximum Gasteiger partial charge on any atom is 0.317 e. The third kappa shape index (κ3) is 4.24. The minimum absolute atomic E-state index is 0.187. The first-order valence-electron chi connectivity index (χ1n) is 7.23. The van der Waals surface area contributed by atoms with Crippen LogP contribution in [-0.4, -0.2) is 42.7 Å². The normalized spacial score (nSPS) is 10.5. The highest BCUT2D eigenvalue weighted by Crippen LogP contribution is 2.02. The summed E-state index contributed by atoms with van der Waals surface area (Å²) in [6.07, 6.45) is 6.02. The van der Waals surface area contributed by atoms with E-state index in [1.54, 1.807) is 30.7 Å². The molecule has 2 amide bonds. The number of nitrogens with one attached hydrogen (secondary N) is 1. The lowest BCUT2D eigenvalue weighted by atomic mass is 10.4. The van der Waals surface area contributed by atoms with Crippen LogP contribution in [-0.2, 0) is 19.6 Å². The highest BCUT2D eigenvalue weighted by atomic mass is 16.2. The van der Waals surface area contributed by atoms with Crippen LogP contribution in [0.15, 0.2) is 18.7 Å². The zero-order valence-electron chi connectivity index (χ0n) is 13.2. The van der Waals surface area contributed by atoms with Crippen LogP contribution < -0.4 is 5.32 Å². The third-order valence-corrected chi connectivity index (χ3v) is 3.14. The fraction of sp³-hybridized carbons (Fsp3) is 0.500. The SMILES string of the molecule is CCCn1cnnc1CN(C)C(=O)NCc1cnc(C)cn1. The third-order valence-electron chi connectivity index (χ3n) is 3.14. The Labute approximate surface area is 129 Å². The number of rotatable bonds is 6. The van der Waals surface area contributed by atoms with Gasteiger partial charge in [0.25, 0.3) is 0 Å². The van der Waals surface area contributed by atoms with E-state index in [4.69, 9.17) is 0 Å². The van der Waals surface area contributed by atoms with Crippen LogP contribution >= 0.6 is 0 Å². The maximum atomic E-state index is 12.1. The van der Waals surface area contributed by atoms with Crippen LogP contribution in [0.25, 0.3) is 0 Å². The molecule has 0 spiro atoms. The van der Waals surface area contributed by atoms with Gasteiger partial charge in [0.2, 0.25) is 0 Å². The molecule has 0 aromatic carbocycles. The Morgan fingerprint density at radius 1 is 1.36 bits per heavy atom. The average Bonchev–Trinajstić information content (AvgIpc) is 2.94. The summed E-state index contributed by atoms with van der Waals surface area (Å²) in [5, 5.41) is 10.8. The van der Waals surface area contributed by atoms with Gasteiger partial charge in [0.1, 0.15) is 6.33 Å². The fourth-order valence-corrected chi connectivity index (χ4v) is 1.92. The van der Waals surface area contributed by atoms with Crippen LogP contribution in [0.4, 0.5) is 4.79 Å². The summed E-state index contributed by atoms with van der Waals surface area (Å²) in [6.45, 7) is 5.55. The van der Waals surface area contributed by atoms with Crippen molar-refractivity contribution in [3.05, 3.63) is 35.9 Å². The molecule has 0 bridgehead atoms. The zero-order valence-corrected chi connectivity index (χ0v) is 13.2. The number of urea groups is 1. The number of carbonyl (C=O) groups is 1. The molecular weight excluding hydrogens is 282 g/mol. The van der Waals surface area contributed by atoms with Crippen molar-refractivity contribution in [2.45, 2.75) is 39.9 Å². The summed E-state index contributed by atoms with van der Waals surface area (Å²) < 4.78 is 1.95. The molecule has 0 atom stereocenters. The number of hydrogen-bond donors (Lipinski definition) is 1. The molecule has 0 aliphatic heterocycles. The zero-order chi connectivity index (χ0) is 15.9. The number of hydrogen-bond acceptors (Lipinski definition) is 5. The standard InChI is InChI=1S/C14H21N7O/c1-4-5-21-10-18-19-13(21)9-20(3)14(22)17-8-12-7-15-11(2)6-16-12/h6-7,10H,4-5,8-9H2,1-3H3,(H,17,22). The Bertz CT molecular complexity index is 608. The van der Waals surface area contributed by atoms with E-state index in [0.717, 1.165) is 30.2 Å². The monoisotopic (exact) mass is 303 g/mol. The number of nitrogens with zero attached hydrogens (tertiary/aromatic N) is 6. The lowest BCUT2D eigenvalue weighted by molar-refractivity contribution is 0.204. The summed E-state index contributed by atoms with van der Waals surface area (Å²) in [4.78, 5) is 22.0. The van der Waals surface area contributed by atoms with Crippen LogP contribution in [0.1, 0.15) is 30.6 Å². The van der Waals surface area contributed by atoms with Gasteiger partial charge in [-0.15, -0.1) is 10.2 Å². The molecule has 118 valence electrons. The molecule has 2 aromatic heterocycles. The highest BCUT2D eigenvalue weighted by Gasteiger charge is 2.12. The largest absolute Gasteiger partial charge is 0.332 e. The van der Waals surface area contributed by atoms with Gasteiger partial charge in [-0.3, -0.25) is 9.97 Å². The molecule has 8 heteroatoms. The summed E-state index contributed by atoms with van der Waals surface area (Å²) >= 11 is 0. The quantitative estimate of drug-likeness (QED) is 0.864. The van der Waals surface area contributed by atoms with Gasteiger partial charge >= 0.3 is 6.03 Å². The predicted octanol–water partition coefficient (Wildman–Crippen LogP) is 1.13. The van der Waals surface area contributed by atoms with E-state index in [2.05, 4.69) is 32.4 Å². The van der Waals surface area contributed by atoms with Crippen LogP contribution in [0.3, 0.4) is 0 Å². The van der Waals surface area contributed by atoms with Gasteiger partial charge in [-0.25, -0.2) is 4.79 Å². The van der Waals surface area contributed by atoms with Crippen molar-refractivity contribution in [3.8, 4) is 0 Å². The van der Waals surface area contributed by atoms with Crippen LogP contribution in [0, 0.1) is 6.92 Å². The molecule has 0 radical (unpaired) electrons. The number of amides is 2. The molecule has 22 heavy (non-hydrogen) atoms. The molecule has 1 N–H and O–H groups in total. The Kier molecular flexibility index (Phi) is 5.40. The first kappa shape index (κ1) is 15.9. The average molecular weight is 303 g/mol. The van der Waals surface area contributed by atoms with Crippen molar-refractivity contribution in [2.24, 2.45) is 0 Å². The molecule has 0 fully saturated rings. The lowest BCUT2D eigenvalue weighted by Gasteiger charge is -2.17. The molecule has 2 aromatic rings. The number of aromatic nitrogens is 5. The second-order valence-corrected chi connectivity index (χ2v) is 5.10. The molecule has 0 unspecified atom stereocenters. The molecule has 8 nitrogen and oxygen atoms in total. The Balaban J connectivity index is 1.86. The van der Waals surface area contributed by atoms with Gasteiger partial charge < -0.3 is 14.8 Å². The van der Waals surface area contributed by atoms with Gasteiger partial charge in [-0.2, -0.15) is 0 Å². The van der Waals surface area contributed by atoms with Crippen molar-refractivity contribution in [2.75, 3.05) is 7.05 Å². The summed E-state index contributed by atoms with van der Waals surface area (Å²) in [6, 6.07) is -0.187. The van der Waals surface area contributed by atoms with Crippen molar-refractivity contribution in [1.82, 2.24) is 34.9 Å². The smallest absolute Gasteiger partial charge is 0.317 e. The van der Waals surface area contributed by atoms with Gasteiger partial charge in [0.15, 0.2) is 5.82 Å². The second kappa shape index (κ2) is 7.48. The van der Waals surface area contributed by atoms with Crippen molar-refractivity contribution in [3.63, 3.8) is 0 Å². The summed E-state index contributed by atoms with van der Waals surface area (Å²) in [5.74, 6) is 0.773. The first-order valence-corrected chi connectivity index (χ1v) is 7.23. The van der Waals surface area contributed by atoms with Gasteiger partial charge in [-0.1, -0.05) is 6.92 Å². The van der Waals surface area contributed by atoms with Gasteiger partial charge in [-0.05, 0) is 13.3 Å².